The number of hydrogen-bond donors (Lipinski definition) is 0. The number of hydrogen-bond acceptors (Lipinski definition) is 4. The number of aryl methyl sites for hydroxylation is 1. The predicted octanol–water partition coefficient (Wildman–Crippen LogP) is 2.06. The lowest BCUT2D eigenvalue weighted by atomic mass is 10.1. The largest absolute Gasteiger partial charge is 0.340 e. The first-order chi connectivity index (χ1) is 13.3. The molecule has 9 heteroatoms. The standard InChI is InChI=1S/C19H29F2N3O3S/c1-3-24(4-2)28(26,27)17-8-5-16(6-9-17)7-10-19(25)23-13-11-22(12-14-23)15-18(20)21/h5-6,8-9,18H,3-4,7,10-15H2,1-2H3. The fourth-order valence-corrected chi connectivity index (χ4v) is 4.78. The molecule has 1 fully saturated rings. The Bertz CT molecular complexity index is 729. The number of benzene rings is 1. The number of nitrogens with zero attached hydrogens (tertiary/aromatic N) is 3. The number of carbonyl (C=O) groups excluding carboxylic acids is 1. The molecular weight excluding hydrogens is 388 g/mol. The SMILES string of the molecule is CCN(CC)S(=O)(=O)c1ccc(CCC(=O)N2CCN(CC(F)F)CC2)cc1. The van der Waals surface area contributed by atoms with Gasteiger partial charge in [-0.25, -0.2) is 17.2 Å². The molecule has 0 radical (unpaired) electrons. The van der Waals surface area contributed by atoms with Crippen molar-refractivity contribution in [2.24, 2.45) is 0 Å². The second-order valence-corrected chi connectivity index (χ2v) is 8.74. The van der Waals surface area contributed by atoms with E-state index in [1.807, 2.05) is 0 Å². The van der Waals surface area contributed by atoms with Crippen LogP contribution >= 0.6 is 0 Å². The van der Waals surface area contributed by atoms with Gasteiger partial charge in [-0.05, 0) is 24.1 Å². The minimum absolute atomic E-state index is 0.00321. The van der Waals surface area contributed by atoms with E-state index in [9.17, 15) is 22.0 Å². The van der Waals surface area contributed by atoms with Crippen molar-refractivity contribution < 1.29 is 22.0 Å². The van der Waals surface area contributed by atoms with Crippen molar-refractivity contribution in [1.29, 1.82) is 0 Å². The minimum Gasteiger partial charge on any atom is -0.340 e. The molecule has 1 saturated heterocycles. The van der Waals surface area contributed by atoms with Crippen LogP contribution < -0.4 is 0 Å². The molecule has 1 amide bonds. The van der Waals surface area contributed by atoms with Gasteiger partial charge in [-0.2, -0.15) is 4.31 Å². The lowest BCUT2D eigenvalue weighted by molar-refractivity contribution is -0.133. The zero-order valence-electron chi connectivity index (χ0n) is 16.5. The fourth-order valence-electron chi connectivity index (χ4n) is 3.33. The molecule has 1 aromatic rings. The van der Waals surface area contributed by atoms with E-state index in [-0.39, 0.29) is 17.3 Å². The lowest BCUT2D eigenvalue weighted by Crippen LogP contribution is -2.49. The molecule has 28 heavy (non-hydrogen) atoms. The first-order valence-corrected chi connectivity index (χ1v) is 11.1. The number of piperazine rings is 1. The van der Waals surface area contributed by atoms with Gasteiger partial charge >= 0.3 is 0 Å². The molecule has 0 saturated carbocycles. The molecule has 0 bridgehead atoms. The summed E-state index contributed by atoms with van der Waals surface area (Å²) in [5.41, 5.74) is 0.892. The maximum atomic E-state index is 12.5. The molecule has 2 rings (SSSR count). The second kappa shape index (κ2) is 10.3. The Morgan fingerprint density at radius 3 is 2.14 bits per heavy atom. The van der Waals surface area contributed by atoms with E-state index in [1.165, 1.54) is 4.31 Å². The average Bonchev–Trinajstić information content (AvgIpc) is 2.67. The quantitative estimate of drug-likeness (QED) is 0.617. The van der Waals surface area contributed by atoms with E-state index in [1.54, 1.807) is 47.9 Å². The summed E-state index contributed by atoms with van der Waals surface area (Å²) in [7, 11) is -3.48. The highest BCUT2D eigenvalue weighted by Crippen LogP contribution is 2.17. The Balaban J connectivity index is 1.86. The van der Waals surface area contributed by atoms with Crippen molar-refractivity contribution in [2.75, 3.05) is 45.8 Å². The van der Waals surface area contributed by atoms with E-state index in [4.69, 9.17) is 0 Å². The van der Waals surface area contributed by atoms with Gasteiger partial charge in [-0.15, -0.1) is 0 Å². The highest BCUT2D eigenvalue weighted by molar-refractivity contribution is 7.89. The third kappa shape index (κ3) is 5.96. The minimum atomic E-state index is -3.48. The van der Waals surface area contributed by atoms with E-state index in [0.29, 0.717) is 52.1 Å². The normalized spacial score (nSPS) is 16.1. The second-order valence-electron chi connectivity index (χ2n) is 6.81. The summed E-state index contributed by atoms with van der Waals surface area (Å²) in [6, 6.07) is 6.64. The molecule has 0 aromatic heterocycles. The molecule has 0 N–H and O–H groups in total. The molecule has 158 valence electrons. The van der Waals surface area contributed by atoms with Crippen molar-refractivity contribution in [2.45, 2.75) is 38.0 Å². The van der Waals surface area contributed by atoms with Crippen LogP contribution in [-0.2, 0) is 21.2 Å². The van der Waals surface area contributed by atoms with Crippen molar-refractivity contribution in [3.63, 3.8) is 0 Å². The number of amides is 1. The van der Waals surface area contributed by atoms with E-state index in [2.05, 4.69) is 0 Å². The van der Waals surface area contributed by atoms with Crippen LogP contribution in [0, 0.1) is 0 Å². The number of alkyl halides is 2. The van der Waals surface area contributed by atoms with Gasteiger partial charge in [0.05, 0.1) is 11.4 Å². The number of halogens is 2. The van der Waals surface area contributed by atoms with Crippen molar-refractivity contribution in [3.8, 4) is 0 Å². The molecule has 1 aromatic carbocycles. The first-order valence-electron chi connectivity index (χ1n) is 9.65. The molecular formula is C19H29F2N3O3S. The van der Waals surface area contributed by atoms with Crippen LogP contribution in [0.4, 0.5) is 8.78 Å². The fraction of sp³-hybridized carbons (Fsp3) is 0.632. The molecule has 0 spiro atoms. The number of sulfonamides is 1. The van der Waals surface area contributed by atoms with Gasteiger partial charge in [0.1, 0.15) is 0 Å². The van der Waals surface area contributed by atoms with Crippen molar-refractivity contribution in [1.82, 2.24) is 14.1 Å². The molecule has 6 nitrogen and oxygen atoms in total. The lowest BCUT2D eigenvalue weighted by Gasteiger charge is -2.34. The zero-order chi connectivity index (χ0) is 20.7. The number of carbonyl (C=O) groups is 1. The smallest absolute Gasteiger partial charge is 0.251 e. The summed E-state index contributed by atoms with van der Waals surface area (Å²) in [5, 5.41) is 0. The highest BCUT2D eigenvalue weighted by Gasteiger charge is 2.23. The molecule has 0 atom stereocenters. The number of rotatable bonds is 9. The van der Waals surface area contributed by atoms with Crippen LogP contribution in [0.1, 0.15) is 25.8 Å². The summed E-state index contributed by atoms with van der Waals surface area (Å²) >= 11 is 0. The predicted molar refractivity (Wildman–Crippen MR) is 104 cm³/mol. The maximum absolute atomic E-state index is 12.5. The van der Waals surface area contributed by atoms with Crippen molar-refractivity contribution >= 4 is 15.9 Å². The zero-order valence-corrected chi connectivity index (χ0v) is 17.3. The van der Waals surface area contributed by atoms with E-state index in [0.717, 1.165) is 5.56 Å². The third-order valence-corrected chi connectivity index (χ3v) is 7.08. The topological polar surface area (TPSA) is 60.9 Å². The van der Waals surface area contributed by atoms with Gasteiger partial charge in [0.15, 0.2) is 0 Å². The van der Waals surface area contributed by atoms with Gasteiger partial charge in [0, 0.05) is 45.7 Å². The summed E-state index contributed by atoms with van der Waals surface area (Å²) in [6.45, 7) is 6.05. The Hall–Kier alpha value is -1.58. The molecule has 1 aliphatic heterocycles. The Kier molecular flexibility index (Phi) is 8.33. The molecule has 1 heterocycles. The summed E-state index contributed by atoms with van der Waals surface area (Å²) < 4.78 is 51.2. The third-order valence-electron chi connectivity index (χ3n) is 5.02. The summed E-state index contributed by atoms with van der Waals surface area (Å²) in [6.07, 6.45) is -1.52. The Labute approximate surface area is 166 Å². The van der Waals surface area contributed by atoms with Crippen LogP contribution in [0.3, 0.4) is 0 Å². The van der Waals surface area contributed by atoms with Crippen LogP contribution in [-0.4, -0.2) is 80.7 Å². The van der Waals surface area contributed by atoms with Gasteiger partial charge < -0.3 is 4.90 Å². The Morgan fingerprint density at radius 1 is 1.07 bits per heavy atom. The van der Waals surface area contributed by atoms with Crippen molar-refractivity contribution in [3.05, 3.63) is 29.8 Å². The van der Waals surface area contributed by atoms with Gasteiger partial charge in [-0.1, -0.05) is 26.0 Å². The summed E-state index contributed by atoms with van der Waals surface area (Å²) in [4.78, 5) is 16.0. The van der Waals surface area contributed by atoms with Gasteiger partial charge in [0.25, 0.3) is 6.43 Å². The monoisotopic (exact) mass is 417 g/mol. The first kappa shape index (κ1) is 22.7. The highest BCUT2D eigenvalue weighted by atomic mass is 32.2. The van der Waals surface area contributed by atoms with E-state index < -0.39 is 16.4 Å². The van der Waals surface area contributed by atoms with Gasteiger partial charge in [0.2, 0.25) is 15.9 Å². The van der Waals surface area contributed by atoms with Crippen LogP contribution in [0.25, 0.3) is 0 Å². The maximum Gasteiger partial charge on any atom is 0.251 e. The molecule has 0 unspecified atom stereocenters. The molecule has 1 aliphatic rings. The van der Waals surface area contributed by atoms with Crippen LogP contribution in [0.2, 0.25) is 0 Å². The van der Waals surface area contributed by atoms with Crippen LogP contribution in [0.15, 0.2) is 29.2 Å². The van der Waals surface area contributed by atoms with Crippen LogP contribution in [0.5, 0.6) is 0 Å². The van der Waals surface area contributed by atoms with E-state index >= 15 is 0 Å². The van der Waals surface area contributed by atoms with Gasteiger partial charge in [-0.3, -0.25) is 9.69 Å². The average molecular weight is 418 g/mol. The molecule has 0 aliphatic carbocycles. The Morgan fingerprint density at radius 2 is 1.64 bits per heavy atom. The summed E-state index contributed by atoms with van der Waals surface area (Å²) in [5.74, 6) is -0.00321.